The second-order valence-corrected chi connectivity index (χ2v) is 3.82. The average molecular weight is 159 g/mol. The van der Waals surface area contributed by atoms with Crippen LogP contribution in [0.3, 0.4) is 0 Å². The van der Waals surface area contributed by atoms with E-state index in [4.69, 9.17) is 4.74 Å². The zero-order valence-electron chi connectivity index (χ0n) is 8.56. The third-order valence-corrected chi connectivity index (χ3v) is 2.25. The van der Waals surface area contributed by atoms with Crippen molar-refractivity contribution in [3.8, 4) is 0 Å². The molecule has 11 heavy (non-hydrogen) atoms. The Balaban J connectivity index is 4.23. The lowest BCUT2D eigenvalue weighted by atomic mass is 9.89. The fourth-order valence-corrected chi connectivity index (χ4v) is 1.61. The van der Waals surface area contributed by atoms with Crippen LogP contribution >= 0.6 is 0 Å². The smallest absolute Gasteiger partial charge is 0.0777 e. The van der Waals surface area contributed by atoms with Crippen LogP contribution in [-0.2, 0) is 4.74 Å². The molecular formula is C9H21NO. The zero-order chi connectivity index (χ0) is 9.07. The number of ether oxygens (including phenoxy) is 1. The Labute approximate surface area is 70.3 Å². The predicted molar refractivity (Wildman–Crippen MR) is 48.8 cm³/mol. The number of methoxy groups -OCH3 is 1. The highest BCUT2D eigenvalue weighted by molar-refractivity contribution is 4.86. The van der Waals surface area contributed by atoms with E-state index in [9.17, 15) is 0 Å². The van der Waals surface area contributed by atoms with E-state index in [-0.39, 0.29) is 5.60 Å². The summed E-state index contributed by atoms with van der Waals surface area (Å²) in [4.78, 5) is 0. The van der Waals surface area contributed by atoms with Crippen LogP contribution in [0.15, 0.2) is 0 Å². The van der Waals surface area contributed by atoms with Crippen molar-refractivity contribution in [3.63, 3.8) is 0 Å². The van der Waals surface area contributed by atoms with Crippen molar-refractivity contribution in [2.24, 2.45) is 5.92 Å². The van der Waals surface area contributed by atoms with Crippen molar-refractivity contribution in [1.82, 2.24) is 5.32 Å². The van der Waals surface area contributed by atoms with Crippen LogP contribution in [0.1, 0.15) is 27.7 Å². The van der Waals surface area contributed by atoms with Gasteiger partial charge in [0.15, 0.2) is 0 Å². The molecule has 0 bridgehead atoms. The van der Waals surface area contributed by atoms with Crippen LogP contribution in [0.4, 0.5) is 0 Å². The largest absolute Gasteiger partial charge is 0.377 e. The van der Waals surface area contributed by atoms with Crippen LogP contribution in [0.2, 0.25) is 0 Å². The minimum absolute atomic E-state index is 0.0804. The minimum atomic E-state index is -0.0804. The number of hydrogen-bond acceptors (Lipinski definition) is 2. The molecule has 0 fully saturated rings. The van der Waals surface area contributed by atoms with Gasteiger partial charge in [-0.1, -0.05) is 13.8 Å². The molecule has 0 heterocycles. The molecular weight excluding hydrogens is 138 g/mol. The lowest BCUT2D eigenvalue weighted by Crippen LogP contribution is -2.49. The topological polar surface area (TPSA) is 21.3 Å². The van der Waals surface area contributed by atoms with Crippen molar-refractivity contribution in [2.45, 2.75) is 39.3 Å². The second kappa shape index (κ2) is 4.07. The molecule has 0 aliphatic heterocycles. The van der Waals surface area contributed by atoms with Gasteiger partial charge >= 0.3 is 0 Å². The van der Waals surface area contributed by atoms with Crippen molar-refractivity contribution in [3.05, 3.63) is 0 Å². The second-order valence-electron chi connectivity index (χ2n) is 3.82. The summed E-state index contributed by atoms with van der Waals surface area (Å²) in [5.74, 6) is 0.593. The molecule has 1 N–H and O–H groups in total. The first-order chi connectivity index (χ1) is 4.95. The van der Waals surface area contributed by atoms with Crippen molar-refractivity contribution in [2.75, 3.05) is 14.2 Å². The molecule has 0 amide bonds. The molecule has 2 heteroatoms. The van der Waals surface area contributed by atoms with Crippen molar-refractivity contribution < 1.29 is 4.74 Å². The Kier molecular flexibility index (Phi) is 4.04. The van der Waals surface area contributed by atoms with Gasteiger partial charge in [-0.3, -0.25) is 0 Å². The summed E-state index contributed by atoms with van der Waals surface area (Å²) in [6, 6.07) is 0.410. The monoisotopic (exact) mass is 159 g/mol. The van der Waals surface area contributed by atoms with Crippen LogP contribution in [0.25, 0.3) is 0 Å². The van der Waals surface area contributed by atoms with Crippen LogP contribution in [0.5, 0.6) is 0 Å². The first kappa shape index (κ1) is 10.9. The van der Waals surface area contributed by atoms with Gasteiger partial charge in [0.2, 0.25) is 0 Å². The third kappa shape index (κ3) is 2.80. The van der Waals surface area contributed by atoms with E-state index in [1.165, 1.54) is 0 Å². The van der Waals surface area contributed by atoms with Crippen LogP contribution in [-0.4, -0.2) is 25.8 Å². The summed E-state index contributed by atoms with van der Waals surface area (Å²) >= 11 is 0. The van der Waals surface area contributed by atoms with Gasteiger partial charge < -0.3 is 10.1 Å². The fourth-order valence-electron chi connectivity index (χ4n) is 1.61. The van der Waals surface area contributed by atoms with Gasteiger partial charge in [0.1, 0.15) is 0 Å². The Bertz CT molecular complexity index is 110. The van der Waals surface area contributed by atoms with Gasteiger partial charge in [-0.05, 0) is 26.8 Å². The van der Waals surface area contributed by atoms with E-state index in [1.54, 1.807) is 7.11 Å². The molecule has 0 radical (unpaired) electrons. The molecule has 0 aromatic carbocycles. The molecule has 0 spiro atoms. The van der Waals surface area contributed by atoms with E-state index < -0.39 is 0 Å². The van der Waals surface area contributed by atoms with Crippen LogP contribution in [0, 0.1) is 5.92 Å². The highest BCUT2D eigenvalue weighted by atomic mass is 16.5. The standard InChI is InChI=1S/C9H21NO/c1-7(2)8(10-5)9(3,4)11-6/h7-8,10H,1-6H3. The molecule has 0 aliphatic carbocycles. The number of likely N-dealkylation sites (N-methyl/N-ethyl adjacent to an activating group) is 1. The van der Waals surface area contributed by atoms with Gasteiger partial charge in [-0.25, -0.2) is 0 Å². The highest BCUT2D eigenvalue weighted by Crippen LogP contribution is 2.19. The summed E-state index contributed by atoms with van der Waals surface area (Å²) < 4.78 is 5.39. The zero-order valence-corrected chi connectivity index (χ0v) is 8.56. The van der Waals surface area contributed by atoms with Gasteiger partial charge in [0.25, 0.3) is 0 Å². The maximum atomic E-state index is 5.39. The Morgan fingerprint density at radius 3 is 1.82 bits per heavy atom. The van der Waals surface area contributed by atoms with E-state index >= 15 is 0 Å². The van der Waals surface area contributed by atoms with Gasteiger partial charge in [0, 0.05) is 13.2 Å². The molecule has 1 unspecified atom stereocenters. The lowest BCUT2D eigenvalue weighted by molar-refractivity contribution is -0.0210. The quantitative estimate of drug-likeness (QED) is 0.673. The SMILES string of the molecule is CNC(C(C)C)C(C)(C)OC. The summed E-state index contributed by atoms with van der Waals surface area (Å²) in [7, 11) is 3.73. The predicted octanol–water partition coefficient (Wildman–Crippen LogP) is 1.66. The molecule has 0 saturated heterocycles. The molecule has 0 aromatic rings. The van der Waals surface area contributed by atoms with Crippen molar-refractivity contribution in [1.29, 1.82) is 0 Å². The number of hydrogen-bond donors (Lipinski definition) is 1. The molecule has 0 saturated carbocycles. The van der Waals surface area contributed by atoms with E-state index in [1.807, 2.05) is 7.05 Å². The Hall–Kier alpha value is -0.0800. The van der Waals surface area contributed by atoms with E-state index in [0.717, 1.165) is 0 Å². The maximum Gasteiger partial charge on any atom is 0.0777 e. The summed E-state index contributed by atoms with van der Waals surface area (Å²) in [5, 5.41) is 3.27. The van der Waals surface area contributed by atoms with Gasteiger partial charge in [-0.15, -0.1) is 0 Å². The van der Waals surface area contributed by atoms with Gasteiger partial charge in [0.05, 0.1) is 5.60 Å². The lowest BCUT2D eigenvalue weighted by Gasteiger charge is -2.35. The summed E-state index contributed by atoms with van der Waals surface area (Å²) in [6.07, 6.45) is 0. The van der Waals surface area contributed by atoms with Crippen molar-refractivity contribution >= 4 is 0 Å². The molecule has 68 valence electrons. The third-order valence-electron chi connectivity index (χ3n) is 2.25. The van der Waals surface area contributed by atoms with E-state index in [2.05, 4.69) is 33.0 Å². The summed E-state index contributed by atoms with van der Waals surface area (Å²) in [5.41, 5.74) is -0.0804. The maximum absolute atomic E-state index is 5.39. The first-order valence-corrected chi connectivity index (χ1v) is 4.18. The first-order valence-electron chi connectivity index (χ1n) is 4.18. The van der Waals surface area contributed by atoms with Gasteiger partial charge in [-0.2, -0.15) is 0 Å². The fraction of sp³-hybridized carbons (Fsp3) is 1.00. The average Bonchev–Trinajstić information content (AvgIpc) is 1.88. The van der Waals surface area contributed by atoms with E-state index in [0.29, 0.717) is 12.0 Å². The van der Waals surface area contributed by atoms with Crippen LogP contribution < -0.4 is 5.32 Å². The molecule has 2 nitrogen and oxygen atoms in total. The Morgan fingerprint density at radius 2 is 1.73 bits per heavy atom. The minimum Gasteiger partial charge on any atom is -0.377 e. The molecule has 0 rings (SSSR count). The Morgan fingerprint density at radius 1 is 1.27 bits per heavy atom. The normalized spacial score (nSPS) is 15.5. The molecule has 0 aromatic heterocycles. The highest BCUT2D eigenvalue weighted by Gasteiger charge is 2.29. The molecule has 1 atom stereocenters. The number of nitrogens with one attached hydrogen (secondary N) is 1. The summed E-state index contributed by atoms with van der Waals surface area (Å²) in [6.45, 7) is 8.60. The molecule has 0 aliphatic rings. The number of rotatable bonds is 4.